The van der Waals surface area contributed by atoms with Crippen LogP contribution in [0.2, 0.25) is 0 Å². The number of likely N-dealkylation sites (N-methyl/N-ethyl adjacent to an activating group) is 1. The summed E-state index contributed by atoms with van der Waals surface area (Å²) in [6.07, 6.45) is 0.768. The molecule has 1 amide bonds. The lowest BCUT2D eigenvalue weighted by atomic mass is 10.0. The predicted octanol–water partition coefficient (Wildman–Crippen LogP) is 1.98. The molecule has 1 aromatic carbocycles. The van der Waals surface area contributed by atoms with Crippen molar-refractivity contribution in [3.05, 3.63) is 35.9 Å². The maximum Gasteiger partial charge on any atom is 0.306 e. The second-order valence-electron chi connectivity index (χ2n) is 5.41. The van der Waals surface area contributed by atoms with Gasteiger partial charge in [-0.05, 0) is 12.5 Å². The highest BCUT2D eigenvalue weighted by atomic mass is 16.6. The molecule has 1 aliphatic rings. The summed E-state index contributed by atoms with van der Waals surface area (Å²) in [5, 5.41) is 4.10. The third kappa shape index (κ3) is 5.09. The van der Waals surface area contributed by atoms with Gasteiger partial charge in [0.2, 0.25) is 5.91 Å². The van der Waals surface area contributed by atoms with Crippen LogP contribution in [0, 0.1) is 0 Å². The van der Waals surface area contributed by atoms with Crippen molar-refractivity contribution in [2.24, 2.45) is 5.16 Å². The van der Waals surface area contributed by atoms with Gasteiger partial charge >= 0.3 is 5.97 Å². The first kappa shape index (κ1) is 17.0. The van der Waals surface area contributed by atoms with Gasteiger partial charge in [-0.25, -0.2) is 0 Å². The van der Waals surface area contributed by atoms with Crippen LogP contribution in [0.25, 0.3) is 0 Å². The highest BCUT2D eigenvalue weighted by molar-refractivity contribution is 6.01. The largest absolute Gasteiger partial charge is 0.466 e. The summed E-state index contributed by atoms with van der Waals surface area (Å²) < 4.78 is 4.82. The molecule has 0 aliphatic carbocycles. The molecule has 0 N–H and O–H groups in total. The van der Waals surface area contributed by atoms with Crippen molar-refractivity contribution in [1.29, 1.82) is 0 Å². The molecule has 23 heavy (non-hydrogen) atoms. The molecule has 2 rings (SSSR count). The van der Waals surface area contributed by atoms with E-state index in [1.165, 1.54) is 0 Å². The minimum absolute atomic E-state index is 0.102. The van der Waals surface area contributed by atoms with E-state index in [4.69, 9.17) is 9.57 Å². The summed E-state index contributed by atoms with van der Waals surface area (Å²) in [7, 11) is 1.71. The molecule has 0 radical (unpaired) electrons. The van der Waals surface area contributed by atoms with E-state index in [2.05, 4.69) is 5.16 Å². The highest BCUT2D eigenvalue weighted by Crippen LogP contribution is 2.17. The second kappa shape index (κ2) is 8.31. The standard InChI is InChI=1S/C17H22N2O4/c1-3-22-17(21)10-9-16(20)19(2)12-14-11-15(18-23-14)13-7-5-4-6-8-13/h4-8,14H,3,9-12H2,1-2H3. The van der Waals surface area contributed by atoms with Gasteiger partial charge in [-0.2, -0.15) is 0 Å². The molecule has 1 unspecified atom stereocenters. The molecule has 1 aromatic rings. The summed E-state index contributed by atoms with van der Waals surface area (Å²) in [6, 6.07) is 9.83. The Balaban J connectivity index is 1.75. The lowest BCUT2D eigenvalue weighted by molar-refractivity contribution is -0.145. The number of esters is 1. The van der Waals surface area contributed by atoms with Crippen molar-refractivity contribution in [2.75, 3.05) is 20.2 Å². The maximum absolute atomic E-state index is 12.0. The van der Waals surface area contributed by atoms with Crippen molar-refractivity contribution >= 4 is 17.6 Å². The zero-order valence-corrected chi connectivity index (χ0v) is 13.5. The van der Waals surface area contributed by atoms with Gasteiger partial charge in [-0.15, -0.1) is 0 Å². The van der Waals surface area contributed by atoms with Crippen molar-refractivity contribution in [3.8, 4) is 0 Å². The number of benzene rings is 1. The zero-order valence-electron chi connectivity index (χ0n) is 13.5. The van der Waals surface area contributed by atoms with Crippen LogP contribution in [0.3, 0.4) is 0 Å². The van der Waals surface area contributed by atoms with Crippen molar-refractivity contribution in [3.63, 3.8) is 0 Å². The quantitative estimate of drug-likeness (QED) is 0.721. The van der Waals surface area contributed by atoms with E-state index in [0.29, 0.717) is 19.6 Å². The number of hydrogen-bond donors (Lipinski definition) is 0. The number of hydrogen-bond acceptors (Lipinski definition) is 5. The number of ether oxygens (including phenoxy) is 1. The third-order valence-corrected chi connectivity index (χ3v) is 3.59. The number of rotatable bonds is 7. The van der Waals surface area contributed by atoms with Crippen molar-refractivity contribution in [1.82, 2.24) is 4.90 Å². The second-order valence-corrected chi connectivity index (χ2v) is 5.41. The number of carbonyl (C=O) groups excluding carboxylic acids is 2. The van der Waals surface area contributed by atoms with Gasteiger partial charge in [0, 0.05) is 19.9 Å². The van der Waals surface area contributed by atoms with E-state index in [1.807, 2.05) is 30.3 Å². The maximum atomic E-state index is 12.0. The minimum atomic E-state index is -0.346. The minimum Gasteiger partial charge on any atom is -0.466 e. The Morgan fingerprint density at radius 1 is 1.30 bits per heavy atom. The Kier molecular flexibility index (Phi) is 6.14. The molecule has 0 saturated heterocycles. The molecule has 6 heteroatoms. The zero-order chi connectivity index (χ0) is 16.7. The Bertz CT molecular complexity index is 571. The van der Waals surface area contributed by atoms with E-state index in [-0.39, 0.29) is 30.8 Å². The monoisotopic (exact) mass is 318 g/mol. The van der Waals surface area contributed by atoms with Gasteiger partial charge in [0.1, 0.15) is 0 Å². The Labute approximate surface area is 136 Å². The third-order valence-electron chi connectivity index (χ3n) is 3.59. The molecular formula is C17H22N2O4. The van der Waals surface area contributed by atoms with Gasteiger partial charge in [0.15, 0.2) is 6.10 Å². The SMILES string of the molecule is CCOC(=O)CCC(=O)N(C)CC1CC(c2ccccc2)=NO1. The normalized spacial score (nSPS) is 16.4. The fourth-order valence-corrected chi connectivity index (χ4v) is 2.37. The van der Waals surface area contributed by atoms with Crippen LogP contribution in [0.5, 0.6) is 0 Å². The van der Waals surface area contributed by atoms with Gasteiger partial charge in [-0.1, -0.05) is 35.5 Å². The van der Waals surface area contributed by atoms with Crippen LogP contribution in [-0.2, 0) is 19.2 Å². The van der Waals surface area contributed by atoms with Gasteiger partial charge in [-0.3, -0.25) is 9.59 Å². The average Bonchev–Trinajstić information content (AvgIpc) is 3.02. The Morgan fingerprint density at radius 2 is 2.04 bits per heavy atom. The van der Waals surface area contributed by atoms with E-state index in [9.17, 15) is 9.59 Å². The molecule has 1 aliphatic heterocycles. The average molecular weight is 318 g/mol. The molecule has 1 atom stereocenters. The summed E-state index contributed by atoms with van der Waals surface area (Å²) >= 11 is 0. The molecule has 124 valence electrons. The number of carbonyl (C=O) groups is 2. The summed E-state index contributed by atoms with van der Waals surface area (Å²) in [4.78, 5) is 30.3. The van der Waals surface area contributed by atoms with Crippen LogP contribution in [0.4, 0.5) is 0 Å². The topological polar surface area (TPSA) is 68.2 Å². The van der Waals surface area contributed by atoms with Gasteiger partial charge in [0.05, 0.1) is 25.3 Å². The molecule has 6 nitrogen and oxygen atoms in total. The lowest BCUT2D eigenvalue weighted by Crippen LogP contribution is -2.34. The van der Waals surface area contributed by atoms with E-state index in [0.717, 1.165) is 11.3 Å². The molecule has 0 aromatic heterocycles. The van der Waals surface area contributed by atoms with Crippen LogP contribution in [0.15, 0.2) is 35.5 Å². The molecule has 0 spiro atoms. The van der Waals surface area contributed by atoms with E-state index < -0.39 is 0 Å². The first-order valence-corrected chi connectivity index (χ1v) is 7.77. The van der Waals surface area contributed by atoms with Crippen LogP contribution >= 0.6 is 0 Å². The first-order valence-electron chi connectivity index (χ1n) is 7.77. The summed E-state index contributed by atoms with van der Waals surface area (Å²) in [6.45, 7) is 2.52. The fourth-order valence-electron chi connectivity index (χ4n) is 2.37. The summed E-state index contributed by atoms with van der Waals surface area (Å²) in [5.74, 6) is -0.448. The molecule has 0 saturated carbocycles. The molecule has 0 fully saturated rings. The van der Waals surface area contributed by atoms with Gasteiger partial charge in [0.25, 0.3) is 0 Å². The smallest absolute Gasteiger partial charge is 0.306 e. The molecular weight excluding hydrogens is 296 g/mol. The van der Waals surface area contributed by atoms with Crippen LogP contribution in [0.1, 0.15) is 31.7 Å². The Morgan fingerprint density at radius 3 is 2.74 bits per heavy atom. The van der Waals surface area contributed by atoms with Crippen molar-refractivity contribution < 1.29 is 19.2 Å². The number of oxime groups is 1. The van der Waals surface area contributed by atoms with Crippen molar-refractivity contribution in [2.45, 2.75) is 32.3 Å². The highest BCUT2D eigenvalue weighted by Gasteiger charge is 2.25. The van der Waals surface area contributed by atoms with E-state index in [1.54, 1.807) is 18.9 Å². The first-order chi connectivity index (χ1) is 11.1. The van der Waals surface area contributed by atoms with Gasteiger partial charge < -0.3 is 14.5 Å². The fraction of sp³-hybridized carbons (Fsp3) is 0.471. The predicted molar refractivity (Wildman–Crippen MR) is 86.0 cm³/mol. The summed E-state index contributed by atoms with van der Waals surface area (Å²) in [5.41, 5.74) is 1.93. The molecule has 0 bridgehead atoms. The molecule has 1 heterocycles. The van der Waals surface area contributed by atoms with Crippen LogP contribution < -0.4 is 0 Å². The van der Waals surface area contributed by atoms with Crippen LogP contribution in [-0.4, -0.2) is 48.8 Å². The Hall–Kier alpha value is -2.37. The number of amides is 1. The van der Waals surface area contributed by atoms with E-state index >= 15 is 0 Å². The lowest BCUT2D eigenvalue weighted by Gasteiger charge is -2.19. The number of nitrogens with zero attached hydrogens (tertiary/aromatic N) is 2.